The Morgan fingerprint density at radius 3 is 1.61 bits per heavy atom. The van der Waals surface area contributed by atoms with E-state index in [0.717, 1.165) is 56.3 Å². The highest BCUT2D eigenvalue weighted by Crippen LogP contribution is 2.31. The van der Waals surface area contributed by atoms with Gasteiger partial charge in [-0.2, -0.15) is 0 Å². The number of ether oxygens (including phenoxy) is 3. The lowest BCUT2D eigenvalue weighted by atomic mass is 10.0. The molecule has 0 saturated carbocycles. The number of hydrogen-bond donors (Lipinski definition) is 0. The van der Waals surface area contributed by atoms with Crippen LogP contribution in [0.15, 0.2) is 72.8 Å². The number of rotatable bonds is 27. The van der Waals surface area contributed by atoms with E-state index in [1.165, 1.54) is 89.0 Å². The Hall–Kier alpha value is -3.11. The van der Waals surface area contributed by atoms with Gasteiger partial charge in [0.1, 0.15) is 0 Å². The van der Waals surface area contributed by atoms with Gasteiger partial charge in [0, 0.05) is 6.61 Å². The number of carbonyl (C=O) groups excluding carboxylic acids is 1. The van der Waals surface area contributed by atoms with E-state index < -0.39 is 0 Å². The minimum atomic E-state index is -0.386. The van der Waals surface area contributed by atoms with E-state index in [0.29, 0.717) is 17.1 Å². The second-order valence-corrected chi connectivity index (χ2v) is 13.8. The molecule has 0 amide bonds. The lowest BCUT2D eigenvalue weighted by Crippen LogP contribution is -2.17. The summed E-state index contributed by atoms with van der Waals surface area (Å²) in [5, 5.41) is 0. The van der Waals surface area contributed by atoms with Gasteiger partial charge in [0.15, 0.2) is 11.5 Å². The lowest BCUT2D eigenvalue weighted by Gasteiger charge is -2.20. The molecule has 0 bridgehead atoms. The number of para-hydroxylation sites is 2. The molecule has 2 atom stereocenters. The molecule has 3 rings (SSSR count). The molecule has 0 saturated heterocycles. The Labute approximate surface area is 299 Å². The van der Waals surface area contributed by atoms with Crippen molar-refractivity contribution < 1.29 is 19.0 Å². The maximum atomic E-state index is 13.1. The second-order valence-electron chi connectivity index (χ2n) is 13.8. The number of hydrogen-bond acceptors (Lipinski definition) is 4. The summed E-state index contributed by atoms with van der Waals surface area (Å²) in [6.45, 7) is 9.60. The van der Waals surface area contributed by atoms with Gasteiger partial charge in [-0.3, -0.25) is 0 Å². The minimum Gasteiger partial charge on any atom is -0.487 e. The van der Waals surface area contributed by atoms with E-state index in [1.54, 1.807) is 6.07 Å². The van der Waals surface area contributed by atoms with E-state index >= 15 is 0 Å². The lowest BCUT2D eigenvalue weighted by molar-refractivity contribution is 0.0627. The van der Waals surface area contributed by atoms with Crippen LogP contribution in [-0.2, 0) is 4.74 Å². The molecular formula is C45H66O4. The van der Waals surface area contributed by atoms with Crippen LogP contribution in [0.3, 0.4) is 0 Å². The van der Waals surface area contributed by atoms with Gasteiger partial charge in [-0.05, 0) is 67.1 Å². The van der Waals surface area contributed by atoms with Crippen molar-refractivity contribution in [3.8, 4) is 22.6 Å². The third-order valence-electron chi connectivity index (χ3n) is 9.54. The maximum absolute atomic E-state index is 13.1. The molecule has 0 aliphatic carbocycles. The molecule has 0 aliphatic rings. The van der Waals surface area contributed by atoms with Crippen LogP contribution in [0.25, 0.3) is 11.1 Å². The van der Waals surface area contributed by atoms with Crippen LogP contribution in [0.4, 0.5) is 0 Å². The Morgan fingerprint density at radius 2 is 1.06 bits per heavy atom. The molecule has 0 radical (unpaired) electrons. The molecule has 4 heteroatoms. The van der Waals surface area contributed by atoms with Crippen molar-refractivity contribution >= 4 is 5.97 Å². The Morgan fingerprint density at radius 1 is 0.551 bits per heavy atom. The molecule has 49 heavy (non-hydrogen) atoms. The fourth-order valence-corrected chi connectivity index (χ4v) is 6.38. The van der Waals surface area contributed by atoms with E-state index in [2.05, 4.69) is 52.0 Å². The Balaban J connectivity index is 1.36. The topological polar surface area (TPSA) is 44.8 Å². The highest BCUT2D eigenvalue weighted by Gasteiger charge is 2.16. The molecule has 0 aliphatic heterocycles. The van der Waals surface area contributed by atoms with Crippen LogP contribution < -0.4 is 9.47 Å². The van der Waals surface area contributed by atoms with Gasteiger partial charge in [0.2, 0.25) is 0 Å². The van der Waals surface area contributed by atoms with Crippen molar-refractivity contribution in [2.45, 2.75) is 162 Å². The van der Waals surface area contributed by atoms with Crippen LogP contribution in [0, 0.1) is 0 Å². The third-order valence-corrected chi connectivity index (χ3v) is 9.54. The summed E-state index contributed by atoms with van der Waals surface area (Å²) in [6.07, 6.45) is 24.6. The van der Waals surface area contributed by atoms with Crippen molar-refractivity contribution in [3.05, 3.63) is 83.9 Å². The van der Waals surface area contributed by atoms with Crippen LogP contribution in [0.1, 0.15) is 172 Å². The molecular weight excluding hydrogens is 604 g/mol. The quantitative estimate of drug-likeness (QED) is 0.0460. The predicted molar refractivity (Wildman–Crippen MR) is 207 cm³/mol. The van der Waals surface area contributed by atoms with Crippen molar-refractivity contribution in [1.29, 1.82) is 0 Å². The molecule has 0 N–H and O–H groups in total. The first-order valence-electron chi connectivity index (χ1n) is 19.9. The van der Waals surface area contributed by atoms with Crippen molar-refractivity contribution in [2.24, 2.45) is 0 Å². The predicted octanol–water partition coefficient (Wildman–Crippen LogP) is 13.9. The molecule has 0 aromatic heterocycles. The highest BCUT2D eigenvalue weighted by atomic mass is 16.6. The molecule has 0 spiro atoms. The number of carbonyl (C=O) groups is 1. The Bertz CT molecular complexity index is 1270. The van der Waals surface area contributed by atoms with Gasteiger partial charge < -0.3 is 14.2 Å². The van der Waals surface area contributed by atoms with Crippen molar-refractivity contribution in [2.75, 3.05) is 6.61 Å². The molecule has 3 aromatic carbocycles. The molecule has 270 valence electrons. The van der Waals surface area contributed by atoms with Crippen LogP contribution >= 0.6 is 0 Å². The zero-order chi connectivity index (χ0) is 34.9. The van der Waals surface area contributed by atoms with E-state index in [4.69, 9.17) is 14.2 Å². The number of esters is 1. The normalized spacial score (nSPS) is 12.5. The van der Waals surface area contributed by atoms with Gasteiger partial charge in [-0.15, -0.1) is 0 Å². The van der Waals surface area contributed by atoms with Crippen LogP contribution in [-0.4, -0.2) is 18.7 Å². The van der Waals surface area contributed by atoms with E-state index in [1.807, 2.05) is 42.5 Å². The summed E-state index contributed by atoms with van der Waals surface area (Å²) in [5.41, 5.74) is 3.86. The summed E-state index contributed by atoms with van der Waals surface area (Å²) in [7, 11) is 0. The summed E-state index contributed by atoms with van der Waals surface area (Å²) < 4.78 is 18.3. The number of benzene rings is 3. The van der Waals surface area contributed by atoms with Gasteiger partial charge in [-0.1, -0.05) is 172 Å². The molecule has 0 heterocycles. The highest BCUT2D eigenvalue weighted by molar-refractivity contribution is 5.92. The summed E-state index contributed by atoms with van der Waals surface area (Å²) in [4.78, 5) is 13.1. The first-order valence-corrected chi connectivity index (χ1v) is 19.9. The molecule has 3 aromatic rings. The first kappa shape index (κ1) is 40.3. The van der Waals surface area contributed by atoms with Crippen molar-refractivity contribution in [3.63, 3.8) is 0 Å². The smallest absolute Gasteiger partial charge is 0.343 e. The van der Waals surface area contributed by atoms with E-state index in [-0.39, 0.29) is 18.2 Å². The van der Waals surface area contributed by atoms with Gasteiger partial charge in [0.25, 0.3) is 0 Å². The SMILES string of the molecule is CCCCCCCCCCCCCCCCOC(C)c1ccc(-c2ccc(C(=O)Oc3ccccc3OC(CCC)CCCC)cc2)cc1. The summed E-state index contributed by atoms with van der Waals surface area (Å²) in [6, 6.07) is 23.7. The fourth-order valence-electron chi connectivity index (χ4n) is 6.38. The third kappa shape index (κ3) is 16.0. The second kappa shape index (κ2) is 24.9. The van der Waals surface area contributed by atoms with Crippen molar-refractivity contribution in [1.82, 2.24) is 0 Å². The monoisotopic (exact) mass is 670 g/mol. The molecule has 2 unspecified atom stereocenters. The number of unbranched alkanes of at least 4 members (excludes halogenated alkanes) is 14. The fraction of sp³-hybridized carbons (Fsp3) is 0.578. The summed E-state index contributed by atoms with van der Waals surface area (Å²) in [5.74, 6) is 0.702. The first-order chi connectivity index (χ1) is 24.0. The average molecular weight is 671 g/mol. The minimum absolute atomic E-state index is 0.0731. The molecule has 0 fully saturated rings. The Kier molecular flexibility index (Phi) is 20.5. The zero-order valence-corrected chi connectivity index (χ0v) is 31.4. The molecule has 4 nitrogen and oxygen atoms in total. The van der Waals surface area contributed by atoms with Gasteiger partial charge in [0.05, 0.1) is 17.8 Å². The standard InChI is InChI=1S/C45H66O4/c1-5-8-10-11-12-13-14-15-16-17-18-19-20-23-36-47-37(4)38-28-30-39(31-29-38)40-32-34-41(35-33-40)45(46)49-44-27-22-21-26-43(44)48-42(24-7-3)25-9-6-2/h21-22,26-35,37,42H,5-20,23-25,36H2,1-4H3. The van der Waals surface area contributed by atoms with Crippen LogP contribution in [0.5, 0.6) is 11.5 Å². The zero-order valence-electron chi connectivity index (χ0n) is 31.4. The van der Waals surface area contributed by atoms with E-state index in [9.17, 15) is 4.79 Å². The van der Waals surface area contributed by atoms with Crippen LogP contribution in [0.2, 0.25) is 0 Å². The largest absolute Gasteiger partial charge is 0.487 e. The van der Waals surface area contributed by atoms with Gasteiger partial charge >= 0.3 is 5.97 Å². The average Bonchev–Trinajstić information content (AvgIpc) is 3.13. The van der Waals surface area contributed by atoms with Gasteiger partial charge in [-0.25, -0.2) is 4.79 Å². The summed E-state index contributed by atoms with van der Waals surface area (Å²) >= 11 is 0. The maximum Gasteiger partial charge on any atom is 0.343 e.